The summed E-state index contributed by atoms with van der Waals surface area (Å²) in [4.78, 5) is 24.2. The number of fused-ring (bicyclic) bond motifs is 1. The minimum Gasteiger partial charge on any atom is -0.309 e. The molecule has 1 aromatic carbocycles. The molecule has 0 fully saturated rings. The molecule has 3 aromatic rings. The Morgan fingerprint density at radius 3 is 2.50 bits per heavy atom. The smallest absolute Gasteiger partial charge is 0.251 e. The molecule has 28 heavy (non-hydrogen) atoms. The summed E-state index contributed by atoms with van der Waals surface area (Å²) in [7, 11) is 0. The van der Waals surface area contributed by atoms with Crippen molar-refractivity contribution < 1.29 is 4.79 Å². The predicted octanol–water partition coefficient (Wildman–Crippen LogP) is 3.42. The molecular weight excluding hydrogens is 350 g/mol. The van der Waals surface area contributed by atoms with Crippen LogP contribution in [0, 0.1) is 27.7 Å². The fraction of sp³-hybridized carbons (Fsp3) is 0.364. The number of benzene rings is 1. The van der Waals surface area contributed by atoms with Crippen molar-refractivity contribution in [2.24, 2.45) is 0 Å². The van der Waals surface area contributed by atoms with Gasteiger partial charge in [0.25, 0.3) is 5.95 Å². The second-order valence-electron chi connectivity index (χ2n) is 7.63. The van der Waals surface area contributed by atoms with Gasteiger partial charge in [-0.15, -0.1) is 0 Å². The Bertz CT molecular complexity index is 1050. The summed E-state index contributed by atoms with van der Waals surface area (Å²) in [5, 5.41) is 4.63. The first kappa shape index (κ1) is 18.3. The average Bonchev–Trinajstić information content (AvgIpc) is 3.11. The van der Waals surface area contributed by atoms with E-state index in [9.17, 15) is 4.79 Å². The topological polar surface area (TPSA) is 63.9 Å². The third kappa shape index (κ3) is 3.09. The highest BCUT2D eigenvalue weighted by Gasteiger charge is 2.31. The number of anilines is 1. The van der Waals surface area contributed by atoms with Gasteiger partial charge in [0.1, 0.15) is 0 Å². The van der Waals surface area contributed by atoms with E-state index in [1.807, 2.05) is 56.9 Å². The molecule has 0 radical (unpaired) electrons. The number of aryl methyl sites for hydroxylation is 3. The monoisotopic (exact) mass is 375 g/mol. The third-order valence-corrected chi connectivity index (χ3v) is 5.41. The number of para-hydroxylation sites is 1. The number of nitrogens with zero attached hydrogens (tertiary/aromatic N) is 5. The number of aromatic nitrogens is 4. The van der Waals surface area contributed by atoms with E-state index in [0.29, 0.717) is 12.4 Å². The minimum absolute atomic E-state index is 0.101. The van der Waals surface area contributed by atoms with E-state index in [1.54, 1.807) is 4.68 Å². The van der Waals surface area contributed by atoms with Crippen LogP contribution in [0.1, 0.15) is 40.8 Å². The molecule has 1 aliphatic rings. The molecule has 1 atom stereocenters. The molecular formula is C22H25N5O. The lowest BCUT2D eigenvalue weighted by molar-refractivity contribution is -0.118. The second-order valence-corrected chi connectivity index (χ2v) is 7.63. The Hall–Kier alpha value is -3.02. The van der Waals surface area contributed by atoms with Crippen molar-refractivity contribution in [3.63, 3.8) is 0 Å². The SMILES string of the molecule is Cc1cc(C)nc(-n2nc(C)c(CC(=O)N3c4ccccc4C[C@@H]3C)c2C)n1. The van der Waals surface area contributed by atoms with Gasteiger partial charge in [0.05, 0.1) is 12.1 Å². The van der Waals surface area contributed by atoms with Crippen molar-refractivity contribution in [3.05, 3.63) is 64.2 Å². The lowest BCUT2D eigenvalue weighted by Gasteiger charge is -2.23. The molecule has 0 aliphatic carbocycles. The predicted molar refractivity (Wildman–Crippen MR) is 109 cm³/mol. The summed E-state index contributed by atoms with van der Waals surface area (Å²) in [6, 6.07) is 10.3. The maximum Gasteiger partial charge on any atom is 0.251 e. The van der Waals surface area contributed by atoms with E-state index in [-0.39, 0.29) is 11.9 Å². The lowest BCUT2D eigenvalue weighted by atomic mass is 10.1. The first-order valence-electron chi connectivity index (χ1n) is 9.63. The molecule has 2 aromatic heterocycles. The van der Waals surface area contributed by atoms with Gasteiger partial charge in [-0.05, 0) is 58.7 Å². The molecule has 1 aliphatic heterocycles. The molecule has 144 valence electrons. The van der Waals surface area contributed by atoms with Crippen LogP contribution in [0.25, 0.3) is 5.95 Å². The fourth-order valence-corrected chi connectivity index (χ4v) is 4.11. The highest BCUT2D eigenvalue weighted by molar-refractivity contribution is 5.97. The van der Waals surface area contributed by atoms with Gasteiger partial charge in [0.15, 0.2) is 0 Å². The van der Waals surface area contributed by atoms with E-state index in [1.165, 1.54) is 5.56 Å². The molecule has 0 saturated heterocycles. The van der Waals surface area contributed by atoms with Crippen LogP contribution in [0.5, 0.6) is 0 Å². The Morgan fingerprint density at radius 2 is 1.79 bits per heavy atom. The largest absolute Gasteiger partial charge is 0.309 e. The van der Waals surface area contributed by atoms with Gasteiger partial charge in [-0.1, -0.05) is 18.2 Å². The van der Waals surface area contributed by atoms with E-state index in [4.69, 9.17) is 0 Å². The van der Waals surface area contributed by atoms with Crippen molar-refractivity contribution in [2.75, 3.05) is 4.90 Å². The standard InChI is InChI=1S/C22H25N5O/c1-13-10-14(2)24-22(23-13)27-17(5)19(16(4)25-27)12-21(28)26-15(3)11-18-8-6-7-9-20(18)26/h6-10,15H,11-12H2,1-5H3/t15-/m0/s1. The van der Waals surface area contributed by atoms with Crippen molar-refractivity contribution >= 4 is 11.6 Å². The van der Waals surface area contributed by atoms with Crippen LogP contribution in [0.15, 0.2) is 30.3 Å². The molecule has 6 nitrogen and oxygen atoms in total. The van der Waals surface area contributed by atoms with Gasteiger partial charge in [-0.2, -0.15) is 5.10 Å². The van der Waals surface area contributed by atoms with Gasteiger partial charge < -0.3 is 4.90 Å². The first-order chi connectivity index (χ1) is 13.3. The summed E-state index contributed by atoms with van der Waals surface area (Å²) in [5.74, 6) is 0.654. The second kappa shape index (κ2) is 6.86. The number of carbonyl (C=O) groups excluding carboxylic acids is 1. The van der Waals surface area contributed by atoms with Crippen molar-refractivity contribution in [2.45, 2.75) is 53.5 Å². The number of rotatable bonds is 3. The Labute approximate surface area is 165 Å². The molecule has 4 rings (SSSR count). The van der Waals surface area contributed by atoms with Gasteiger partial charge in [-0.3, -0.25) is 4.79 Å². The highest BCUT2D eigenvalue weighted by Crippen LogP contribution is 2.32. The maximum absolute atomic E-state index is 13.2. The molecule has 0 N–H and O–H groups in total. The summed E-state index contributed by atoms with van der Waals surface area (Å²) < 4.78 is 1.75. The van der Waals surface area contributed by atoms with Crippen molar-refractivity contribution in [1.29, 1.82) is 0 Å². The Kier molecular flexibility index (Phi) is 4.49. The third-order valence-electron chi connectivity index (χ3n) is 5.41. The van der Waals surface area contributed by atoms with Crippen LogP contribution in [-0.4, -0.2) is 31.7 Å². The summed E-state index contributed by atoms with van der Waals surface area (Å²) in [5.41, 5.74) is 6.76. The average molecular weight is 375 g/mol. The van der Waals surface area contributed by atoms with Crippen LogP contribution in [-0.2, 0) is 17.6 Å². The molecule has 1 amide bonds. The normalized spacial score (nSPS) is 15.8. The quantitative estimate of drug-likeness (QED) is 0.704. The van der Waals surface area contributed by atoms with Gasteiger partial charge in [0, 0.05) is 34.4 Å². The van der Waals surface area contributed by atoms with Crippen molar-refractivity contribution in [3.8, 4) is 5.95 Å². The zero-order valence-electron chi connectivity index (χ0n) is 17.0. The van der Waals surface area contributed by atoms with Crippen molar-refractivity contribution in [1.82, 2.24) is 19.7 Å². The van der Waals surface area contributed by atoms with Gasteiger partial charge in [0.2, 0.25) is 5.91 Å². The number of hydrogen-bond donors (Lipinski definition) is 0. The lowest BCUT2D eigenvalue weighted by Crippen LogP contribution is -2.37. The summed E-state index contributed by atoms with van der Waals surface area (Å²) in [6.45, 7) is 9.91. The highest BCUT2D eigenvalue weighted by atomic mass is 16.2. The molecule has 0 spiro atoms. The van der Waals surface area contributed by atoms with E-state index in [0.717, 1.165) is 40.4 Å². The molecule has 6 heteroatoms. The maximum atomic E-state index is 13.2. The van der Waals surface area contributed by atoms with Crippen LogP contribution in [0.3, 0.4) is 0 Å². The number of carbonyl (C=O) groups is 1. The number of hydrogen-bond acceptors (Lipinski definition) is 4. The minimum atomic E-state index is 0.101. The number of amides is 1. The molecule has 0 saturated carbocycles. The Morgan fingerprint density at radius 1 is 1.11 bits per heavy atom. The van der Waals surface area contributed by atoms with Crippen LogP contribution in [0.4, 0.5) is 5.69 Å². The fourth-order valence-electron chi connectivity index (χ4n) is 4.11. The van der Waals surface area contributed by atoms with E-state index >= 15 is 0 Å². The van der Waals surface area contributed by atoms with E-state index < -0.39 is 0 Å². The first-order valence-corrected chi connectivity index (χ1v) is 9.63. The van der Waals surface area contributed by atoms with Crippen LogP contribution in [0.2, 0.25) is 0 Å². The molecule has 3 heterocycles. The zero-order valence-corrected chi connectivity index (χ0v) is 17.0. The summed E-state index contributed by atoms with van der Waals surface area (Å²) >= 11 is 0. The van der Waals surface area contributed by atoms with Gasteiger partial charge in [-0.25, -0.2) is 14.6 Å². The van der Waals surface area contributed by atoms with Gasteiger partial charge >= 0.3 is 0 Å². The van der Waals surface area contributed by atoms with Crippen LogP contribution >= 0.6 is 0 Å². The molecule has 0 unspecified atom stereocenters. The van der Waals surface area contributed by atoms with Crippen LogP contribution < -0.4 is 4.90 Å². The molecule has 0 bridgehead atoms. The zero-order chi connectivity index (χ0) is 20.0. The van der Waals surface area contributed by atoms with E-state index in [2.05, 4.69) is 28.1 Å². The Balaban J connectivity index is 1.66. The summed E-state index contributed by atoms with van der Waals surface area (Å²) in [6.07, 6.45) is 1.22.